The van der Waals surface area contributed by atoms with Crippen molar-refractivity contribution in [3.05, 3.63) is 21.7 Å². The highest BCUT2D eigenvalue weighted by atomic mass is 79.9. The molecule has 0 fully saturated rings. The van der Waals surface area contributed by atoms with Crippen molar-refractivity contribution >= 4 is 33.3 Å². The van der Waals surface area contributed by atoms with Gasteiger partial charge in [-0.05, 0) is 28.1 Å². The highest BCUT2D eigenvalue weighted by Crippen LogP contribution is 2.34. The molecule has 0 saturated heterocycles. The molecule has 1 aliphatic carbocycles. The Balaban J connectivity index is 3.18. The van der Waals surface area contributed by atoms with Gasteiger partial charge >= 0.3 is 0 Å². The number of Topliss-reactive ketones (excluding diaryl/α,β-unsaturated/α-hetero) is 1. The van der Waals surface area contributed by atoms with Gasteiger partial charge in [0.2, 0.25) is 5.78 Å². The molecule has 0 saturated carbocycles. The van der Waals surface area contributed by atoms with Crippen molar-refractivity contribution < 1.29 is 14.3 Å². The van der Waals surface area contributed by atoms with Gasteiger partial charge in [-0.25, -0.2) is 0 Å². The monoisotopic (exact) mass is 266 g/mol. The number of ketones is 1. The summed E-state index contributed by atoms with van der Waals surface area (Å²) in [5.41, 5.74) is 0. The van der Waals surface area contributed by atoms with Gasteiger partial charge < -0.3 is 9.47 Å². The van der Waals surface area contributed by atoms with Crippen LogP contribution in [0.4, 0.5) is 0 Å². The van der Waals surface area contributed by atoms with Gasteiger partial charge in [-0.15, -0.1) is 0 Å². The third-order valence-electron chi connectivity index (χ3n) is 1.78. The van der Waals surface area contributed by atoms with Crippen LogP contribution >= 0.6 is 27.5 Å². The lowest BCUT2D eigenvalue weighted by molar-refractivity contribution is -0.183. The summed E-state index contributed by atoms with van der Waals surface area (Å²) in [6, 6.07) is 0. The van der Waals surface area contributed by atoms with E-state index in [9.17, 15) is 4.79 Å². The van der Waals surface area contributed by atoms with E-state index in [0.29, 0.717) is 4.48 Å². The molecule has 1 aliphatic rings. The first-order valence-corrected chi connectivity index (χ1v) is 4.64. The first kappa shape index (κ1) is 10.9. The molecule has 0 aromatic heterocycles. The van der Waals surface area contributed by atoms with E-state index in [1.807, 2.05) is 0 Å². The molecule has 0 unspecified atom stereocenters. The second-order valence-corrected chi connectivity index (χ2v) is 3.64. The van der Waals surface area contributed by atoms with Crippen molar-refractivity contribution in [2.24, 2.45) is 0 Å². The van der Waals surface area contributed by atoms with Crippen LogP contribution in [0.25, 0.3) is 0 Å². The Kier molecular flexibility index (Phi) is 3.29. The van der Waals surface area contributed by atoms with Gasteiger partial charge in [0.15, 0.2) is 0 Å². The van der Waals surface area contributed by atoms with E-state index in [1.165, 1.54) is 14.2 Å². The van der Waals surface area contributed by atoms with Gasteiger partial charge in [0.25, 0.3) is 5.79 Å². The van der Waals surface area contributed by atoms with Crippen LogP contribution in [0, 0.1) is 0 Å². The van der Waals surface area contributed by atoms with Crippen LogP contribution in [-0.4, -0.2) is 25.8 Å². The summed E-state index contributed by atoms with van der Waals surface area (Å²) in [7, 11) is 2.73. The number of methoxy groups -OCH3 is 2. The van der Waals surface area contributed by atoms with Crippen LogP contribution in [0.15, 0.2) is 21.7 Å². The highest BCUT2D eigenvalue weighted by Gasteiger charge is 2.45. The van der Waals surface area contributed by atoms with E-state index in [4.69, 9.17) is 21.1 Å². The van der Waals surface area contributed by atoms with E-state index in [1.54, 1.807) is 12.2 Å². The molecular formula is C8H8BrClO3. The predicted octanol–water partition coefficient (Wildman–Crippen LogP) is 1.96. The molecule has 0 aliphatic heterocycles. The van der Waals surface area contributed by atoms with Crippen LogP contribution in [0.3, 0.4) is 0 Å². The Bertz CT molecular complexity index is 288. The van der Waals surface area contributed by atoms with E-state index < -0.39 is 5.79 Å². The minimum Gasteiger partial charge on any atom is -0.342 e. The molecule has 0 aromatic rings. The first-order valence-electron chi connectivity index (χ1n) is 3.47. The molecule has 0 spiro atoms. The lowest BCUT2D eigenvalue weighted by Gasteiger charge is -2.30. The summed E-state index contributed by atoms with van der Waals surface area (Å²) >= 11 is 8.91. The van der Waals surface area contributed by atoms with Crippen LogP contribution in [-0.2, 0) is 14.3 Å². The quantitative estimate of drug-likeness (QED) is 0.718. The average Bonchev–Trinajstić information content (AvgIpc) is 2.15. The largest absolute Gasteiger partial charge is 0.342 e. The van der Waals surface area contributed by atoms with Gasteiger partial charge in [-0.1, -0.05) is 11.6 Å². The fourth-order valence-corrected chi connectivity index (χ4v) is 1.76. The summed E-state index contributed by atoms with van der Waals surface area (Å²) < 4.78 is 10.3. The molecule has 13 heavy (non-hydrogen) atoms. The lowest BCUT2D eigenvalue weighted by atomic mass is 10.1. The minimum atomic E-state index is -1.48. The van der Waals surface area contributed by atoms with Crippen molar-refractivity contribution in [1.82, 2.24) is 0 Å². The summed E-state index contributed by atoms with van der Waals surface area (Å²) in [6.45, 7) is 0. The second-order valence-electron chi connectivity index (χ2n) is 2.38. The summed E-state index contributed by atoms with van der Waals surface area (Å²) in [5, 5.41) is 0.214. The molecule has 0 N–H and O–H groups in total. The Morgan fingerprint density at radius 1 is 1.38 bits per heavy atom. The molecule has 3 nitrogen and oxygen atoms in total. The molecule has 5 heteroatoms. The smallest absolute Gasteiger partial charge is 0.272 e. The molecular weight excluding hydrogens is 259 g/mol. The second kappa shape index (κ2) is 3.92. The maximum atomic E-state index is 11.6. The third kappa shape index (κ3) is 1.59. The Morgan fingerprint density at radius 3 is 2.31 bits per heavy atom. The number of ether oxygens (including phenoxy) is 2. The zero-order valence-corrected chi connectivity index (χ0v) is 9.48. The van der Waals surface area contributed by atoms with E-state index in [-0.39, 0.29) is 10.8 Å². The van der Waals surface area contributed by atoms with Gasteiger partial charge in [0.05, 0.1) is 9.51 Å². The molecule has 0 heterocycles. The highest BCUT2D eigenvalue weighted by molar-refractivity contribution is 9.12. The number of allylic oxidation sites excluding steroid dienone is 2. The number of halogens is 2. The Hall–Kier alpha value is -0.160. The molecule has 72 valence electrons. The summed E-state index contributed by atoms with van der Waals surface area (Å²) in [6.07, 6.45) is 3.11. The first-order chi connectivity index (χ1) is 6.08. The molecule has 0 amide bonds. The predicted molar refractivity (Wildman–Crippen MR) is 52.7 cm³/mol. The number of rotatable bonds is 2. The van der Waals surface area contributed by atoms with Crippen molar-refractivity contribution in [3.8, 4) is 0 Å². The van der Waals surface area contributed by atoms with Crippen molar-refractivity contribution in [2.45, 2.75) is 5.79 Å². The maximum absolute atomic E-state index is 11.6. The van der Waals surface area contributed by atoms with Crippen LogP contribution in [0.1, 0.15) is 0 Å². The van der Waals surface area contributed by atoms with E-state index in [0.717, 1.165) is 0 Å². The van der Waals surface area contributed by atoms with Crippen molar-refractivity contribution in [2.75, 3.05) is 14.2 Å². The lowest BCUT2D eigenvalue weighted by Crippen LogP contribution is -2.44. The number of hydrogen-bond donors (Lipinski definition) is 0. The molecule has 0 radical (unpaired) electrons. The standard InChI is InChI=1S/C8H8BrClO3/c1-12-8(13-2)6(10)4-3-5(9)7(8)11/h3-4H,1-2H3. The molecule has 0 bridgehead atoms. The van der Waals surface area contributed by atoms with Gasteiger partial charge in [-0.3, -0.25) is 4.79 Å². The molecule has 0 atom stereocenters. The molecule has 0 aromatic carbocycles. The Morgan fingerprint density at radius 2 is 1.92 bits per heavy atom. The van der Waals surface area contributed by atoms with Gasteiger partial charge in [0, 0.05) is 14.2 Å². The number of carbonyl (C=O) groups is 1. The van der Waals surface area contributed by atoms with Gasteiger partial charge in [-0.2, -0.15) is 0 Å². The fraction of sp³-hybridized carbons (Fsp3) is 0.375. The minimum absolute atomic E-state index is 0.214. The van der Waals surface area contributed by atoms with E-state index in [2.05, 4.69) is 15.9 Å². The van der Waals surface area contributed by atoms with Crippen molar-refractivity contribution in [1.29, 1.82) is 0 Å². The zero-order valence-electron chi connectivity index (χ0n) is 7.14. The summed E-state index contributed by atoms with van der Waals surface area (Å²) in [5.74, 6) is -1.82. The third-order valence-corrected chi connectivity index (χ3v) is 2.78. The summed E-state index contributed by atoms with van der Waals surface area (Å²) in [4.78, 5) is 11.6. The Labute approximate surface area is 89.5 Å². The SMILES string of the molecule is COC1(OC)C(=O)C(Br)=CC=C1Cl. The topological polar surface area (TPSA) is 35.5 Å². The zero-order chi connectivity index (χ0) is 10.1. The average molecular weight is 268 g/mol. The number of hydrogen-bond acceptors (Lipinski definition) is 3. The van der Waals surface area contributed by atoms with Gasteiger partial charge in [0.1, 0.15) is 0 Å². The fourth-order valence-electron chi connectivity index (χ4n) is 1.06. The van der Waals surface area contributed by atoms with Crippen LogP contribution < -0.4 is 0 Å². The van der Waals surface area contributed by atoms with E-state index >= 15 is 0 Å². The molecule has 1 rings (SSSR count). The van der Waals surface area contributed by atoms with Crippen LogP contribution in [0.5, 0.6) is 0 Å². The van der Waals surface area contributed by atoms with Crippen LogP contribution in [0.2, 0.25) is 0 Å². The number of carbonyl (C=O) groups excluding carboxylic acids is 1. The maximum Gasteiger partial charge on any atom is 0.272 e. The van der Waals surface area contributed by atoms with Crippen molar-refractivity contribution in [3.63, 3.8) is 0 Å². The normalized spacial score (nSPS) is 21.1.